The van der Waals surface area contributed by atoms with Gasteiger partial charge in [0.2, 0.25) is 11.8 Å². The van der Waals surface area contributed by atoms with E-state index in [0.29, 0.717) is 39.2 Å². The van der Waals surface area contributed by atoms with Gasteiger partial charge in [0.1, 0.15) is 16.7 Å². The number of hydrogen-bond acceptors (Lipinski definition) is 3. The zero-order valence-electron chi connectivity index (χ0n) is 14.3. The van der Waals surface area contributed by atoms with Crippen LogP contribution in [0.15, 0.2) is 48.5 Å². The Hall–Kier alpha value is -3.12. The van der Waals surface area contributed by atoms with E-state index in [-0.39, 0.29) is 11.8 Å². The van der Waals surface area contributed by atoms with Crippen molar-refractivity contribution in [3.8, 4) is 22.6 Å². The SMILES string of the molecule is CC(=O)Nc1ccccc1-c1nc(-c2ccccc2NC(C)=O)c(Cl)[nH]1. The molecule has 0 radical (unpaired) electrons. The van der Waals surface area contributed by atoms with E-state index >= 15 is 0 Å². The van der Waals surface area contributed by atoms with Crippen LogP contribution in [0, 0.1) is 0 Å². The Morgan fingerprint density at radius 1 is 0.885 bits per heavy atom. The number of imidazole rings is 1. The summed E-state index contributed by atoms with van der Waals surface area (Å²) < 4.78 is 0. The van der Waals surface area contributed by atoms with Gasteiger partial charge in [-0.1, -0.05) is 41.9 Å². The molecule has 2 aromatic carbocycles. The number of benzene rings is 2. The Bertz CT molecular complexity index is 981. The fraction of sp³-hybridized carbons (Fsp3) is 0.105. The molecular formula is C19H17ClN4O2. The van der Waals surface area contributed by atoms with Gasteiger partial charge in [-0.05, 0) is 18.2 Å². The first-order valence-electron chi connectivity index (χ1n) is 7.95. The summed E-state index contributed by atoms with van der Waals surface area (Å²) in [5.41, 5.74) is 3.19. The van der Waals surface area contributed by atoms with Crippen molar-refractivity contribution in [2.24, 2.45) is 0 Å². The van der Waals surface area contributed by atoms with Gasteiger partial charge in [-0.15, -0.1) is 0 Å². The number of nitrogens with zero attached hydrogens (tertiary/aromatic N) is 1. The van der Waals surface area contributed by atoms with E-state index in [2.05, 4.69) is 20.6 Å². The maximum Gasteiger partial charge on any atom is 0.221 e. The minimum absolute atomic E-state index is 0.175. The number of aromatic nitrogens is 2. The molecule has 0 bridgehead atoms. The number of hydrogen-bond donors (Lipinski definition) is 3. The monoisotopic (exact) mass is 368 g/mol. The zero-order valence-corrected chi connectivity index (χ0v) is 15.0. The third-order valence-corrected chi connectivity index (χ3v) is 3.92. The summed E-state index contributed by atoms with van der Waals surface area (Å²) in [6.07, 6.45) is 0. The number of aromatic amines is 1. The molecule has 3 rings (SSSR count). The Kier molecular flexibility index (Phi) is 5.04. The van der Waals surface area contributed by atoms with Crippen LogP contribution in [0.1, 0.15) is 13.8 Å². The molecule has 7 heteroatoms. The van der Waals surface area contributed by atoms with Crippen molar-refractivity contribution in [1.29, 1.82) is 0 Å². The minimum Gasteiger partial charge on any atom is -0.328 e. The summed E-state index contributed by atoms with van der Waals surface area (Å²) in [6.45, 7) is 2.89. The number of carbonyl (C=O) groups excluding carboxylic acids is 2. The van der Waals surface area contributed by atoms with E-state index < -0.39 is 0 Å². The zero-order chi connectivity index (χ0) is 18.7. The van der Waals surface area contributed by atoms with Gasteiger partial charge in [-0.3, -0.25) is 9.59 Å². The molecule has 3 N–H and O–H groups in total. The van der Waals surface area contributed by atoms with E-state index in [4.69, 9.17) is 11.6 Å². The first kappa shape index (κ1) is 17.7. The molecule has 0 saturated heterocycles. The molecule has 0 atom stereocenters. The number of anilines is 2. The largest absolute Gasteiger partial charge is 0.328 e. The van der Waals surface area contributed by atoms with E-state index in [0.717, 1.165) is 0 Å². The van der Waals surface area contributed by atoms with Crippen LogP contribution in [0.2, 0.25) is 5.15 Å². The van der Waals surface area contributed by atoms with Gasteiger partial charge in [-0.25, -0.2) is 4.98 Å². The van der Waals surface area contributed by atoms with Crippen LogP contribution >= 0.6 is 11.6 Å². The highest BCUT2D eigenvalue weighted by atomic mass is 35.5. The van der Waals surface area contributed by atoms with E-state index in [1.54, 1.807) is 12.1 Å². The molecule has 1 heterocycles. The normalized spacial score (nSPS) is 10.4. The smallest absolute Gasteiger partial charge is 0.221 e. The van der Waals surface area contributed by atoms with Crippen molar-refractivity contribution in [3.05, 3.63) is 53.7 Å². The van der Waals surface area contributed by atoms with Crippen molar-refractivity contribution < 1.29 is 9.59 Å². The molecular weight excluding hydrogens is 352 g/mol. The lowest BCUT2D eigenvalue weighted by Gasteiger charge is -2.08. The molecule has 132 valence electrons. The van der Waals surface area contributed by atoms with E-state index in [1.807, 2.05) is 36.4 Å². The average Bonchev–Trinajstić information content (AvgIpc) is 2.96. The minimum atomic E-state index is -0.180. The molecule has 26 heavy (non-hydrogen) atoms. The number of para-hydroxylation sites is 2. The van der Waals surface area contributed by atoms with Crippen LogP contribution in [0.5, 0.6) is 0 Å². The molecule has 0 aliphatic rings. The molecule has 0 aliphatic carbocycles. The fourth-order valence-corrected chi connectivity index (χ4v) is 2.87. The van der Waals surface area contributed by atoms with Gasteiger partial charge in [0, 0.05) is 25.0 Å². The summed E-state index contributed by atoms with van der Waals surface area (Å²) in [6, 6.07) is 14.6. The van der Waals surface area contributed by atoms with Gasteiger partial charge >= 0.3 is 0 Å². The number of nitrogens with one attached hydrogen (secondary N) is 3. The summed E-state index contributed by atoms with van der Waals surface area (Å²) in [4.78, 5) is 30.5. The van der Waals surface area contributed by atoms with Gasteiger partial charge in [-0.2, -0.15) is 0 Å². The second-order valence-electron chi connectivity index (χ2n) is 5.70. The van der Waals surface area contributed by atoms with Gasteiger partial charge in [0.25, 0.3) is 0 Å². The first-order valence-corrected chi connectivity index (χ1v) is 8.33. The molecule has 0 unspecified atom stereocenters. The van der Waals surface area contributed by atoms with Gasteiger partial charge < -0.3 is 15.6 Å². The Labute approximate surface area is 155 Å². The van der Waals surface area contributed by atoms with E-state index in [1.165, 1.54) is 13.8 Å². The van der Waals surface area contributed by atoms with Crippen LogP contribution in [-0.2, 0) is 9.59 Å². The molecule has 1 aromatic heterocycles. The lowest BCUT2D eigenvalue weighted by Crippen LogP contribution is -2.07. The highest BCUT2D eigenvalue weighted by Crippen LogP contribution is 2.35. The van der Waals surface area contributed by atoms with Gasteiger partial charge in [0.15, 0.2) is 0 Å². The summed E-state index contributed by atoms with van der Waals surface area (Å²) in [5.74, 6) is 0.165. The van der Waals surface area contributed by atoms with Crippen LogP contribution in [0.25, 0.3) is 22.6 Å². The molecule has 3 aromatic rings. The average molecular weight is 369 g/mol. The van der Waals surface area contributed by atoms with Crippen LogP contribution in [-0.4, -0.2) is 21.8 Å². The van der Waals surface area contributed by atoms with Crippen molar-refractivity contribution in [2.45, 2.75) is 13.8 Å². The first-order chi connectivity index (χ1) is 12.5. The molecule has 2 amide bonds. The molecule has 6 nitrogen and oxygen atoms in total. The van der Waals surface area contributed by atoms with E-state index in [9.17, 15) is 9.59 Å². The Balaban J connectivity index is 2.07. The summed E-state index contributed by atoms with van der Waals surface area (Å²) in [5, 5.41) is 5.90. The lowest BCUT2D eigenvalue weighted by atomic mass is 10.1. The Morgan fingerprint density at radius 2 is 1.38 bits per heavy atom. The lowest BCUT2D eigenvalue weighted by molar-refractivity contribution is -0.115. The maximum absolute atomic E-state index is 11.4. The Morgan fingerprint density at radius 3 is 1.96 bits per heavy atom. The maximum atomic E-state index is 11.4. The summed E-state index contributed by atoms with van der Waals surface area (Å²) >= 11 is 6.38. The van der Waals surface area contributed by atoms with Crippen LogP contribution in [0.3, 0.4) is 0 Å². The highest BCUT2D eigenvalue weighted by Gasteiger charge is 2.17. The predicted molar refractivity (Wildman–Crippen MR) is 103 cm³/mol. The van der Waals surface area contributed by atoms with Crippen LogP contribution in [0.4, 0.5) is 11.4 Å². The standard InChI is InChI=1S/C19H17ClN4O2/c1-11(25)21-15-9-5-3-7-13(15)17-18(20)24-19(23-17)14-8-4-6-10-16(14)22-12(2)26/h3-10H,1-2H3,(H,21,25)(H,22,26)(H,23,24). The number of rotatable bonds is 4. The molecule has 0 fully saturated rings. The summed E-state index contributed by atoms with van der Waals surface area (Å²) in [7, 11) is 0. The number of H-pyrrole nitrogens is 1. The van der Waals surface area contributed by atoms with Crippen molar-refractivity contribution in [1.82, 2.24) is 9.97 Å². The number of carbonyl (C=O) groups is 2. The van der Waals surface area contributed by atoms with Crippen molar-refractivity contribution >= 4 is 34.8 Å². The van der Waals surface area contributed by atoms with Crippen molar-refractivity contribution in [2.75, 3.05) is 10.6 Å². The fourth-order valence-electron chi connectivity index (χ4n) is 2.63. The molecule has 0 saturated carbocycles. The second kappa shape index (κ2) is 7.41. The highest BCUT2D eigenvalue weighted by molar-refractivity contribution is 6.32. The topological polar surface area (TPSA) is 86.9 Å². The third-order valence-electron chi connectivity index (χ3n) is 3.65. The number of halogens is 1. The van der Waals surface area contributed by atoms with Crippen LogP contribution < -0.4 is 10.6 Å². The molecule has 0 spiro atoms. The quantitative estimate of drug-likeness (QED) is 0.641. The third kappa shape index (κ3) is 3.75. The van der Waals surface area contributed by atoms with Crippen molar-refractivity contribution in [3.63, 3.8) is 0 Å². The van der Waals surface area contributed by atoms with Gasteiger partial charge in [0.05, 0.1) is 11.4 Å². The predicted octanol–water partition coefficient (Wildman–Crippen LogP) is 4.31. The number of amides is 2. The second-order valence-corrected chi connectivity index (χ2v) is 6.08. The molecule has 0 aliphatic heterocycles.